The molecule has 0 heterocycles. The highest BCUT2D eigenvalue weighted by molar-refractivity contribution is 5.39. The van der Waals surface area contributed by atoms with Crippen LogP contribution in [-0.2, 0) is 0 Å². The van der Waals surface area contributed by atoms with E-state index in [-0.39, 0.29) is 0 Å². The molecule has 1 unspecified atom stereocenters. The van der Waals surface area contributed by atoms with E-state index in [1.807, 2.05) is 48.6 Å². The average molecular weight is 246 g/mol. The van der Waals surface area contributed by atoms with E-state index in [1.165, 1.54) is 0 Å². The van der Waals surface area contributed by atoms with Gasteiger partial charge in [0.1, 0.15) is 0 Å². The van der Waals surface area contributed by atoms with Gasteiger partial charge in [-0.25, -0.2) is 0 Å². The van der Waals surface area contributed by atoms with Gasteiger partial charge >= 0.3 is 0 Å². The van der Waals surface area contributed by atoms with Crippen LogP contribution in [-0.4, -0.2) is 24.4 Å². The summed E-state index contributed by atoms with van der Waals surface area (Å²) in [4.78, 5) is 0. The quantitative estimate of drug-likeness (QED) is 0.868. The highest BCUT2D eigenvalue weighted by Gasteiger charge is 2.23. The summed E-state index contributed by atoms with van der Waals surface area (Å²) in [7, 11) is 1.62. The van der Waals surface area contributed by atoms with Gasteiger partial charge in [-0.05, 0) is 18.6 Å². The molecule has 0 aliphatic heterocycles. The topological polar surface area (TPSA) is 38.7 Å². The standard InChI is InChI=1S/C15H18O3/c1-17-13-7-3-4-8-14(13)18-12-11-15(16)9-5-2-6-10-15/h2-9,16H,10-12H2,1H3. The molecule has 0 spiro atoms. The zero-order chi connectivity index (χ0) is 12.8. The van der Waals surface area contributed by atoms with Crippen LogP contribution in [0.5, 0.6) is 11.5 Å². The van der Waals surface area contributed by atoms with Crippen molar-refractivity contribution in [3.05, 3.63) is 48.6 Å². The summed E-state index contributed by atoms with van der Waals surface area (Å²) < 4.78 is 10.9. The lowest BCUT2D eigenvalue weighted by molar-refractivity contribution is 0.0663. The first-order valence-electron chi connectivity index (χ1n) is 6.06. The summed E-state index contributed by atoms with van der Waals surface area (Å²) in [6.07, 6.45) is 8.79. The summed E-state index contributed by atoms with van der Waals surface area (Å²) in [5.74, 6) is 1.42. The molecule has 1 aliphatic rings. The molecule has 2 rings (SSSR count). The Kier molecular flexibility index (Phi) is 4.05. The lowest BCUT2D eigenvalue weighted by Gasteiger charge is -2.25. The molecule has 1 aromatic carbocycles. The first kappa shape index (κ1) is 12.7. The molecule has 0 saturated heterocycles. The number of para-hydroxylation sites is 2. The number of allylic oxidation sites excluding steroid dienone is 2. The Hall–Kier alpha value is -1.74. The van der Waals surface area contributed by atoms with E-state index < -0.39 is 5.60 Å². The second-order valence-electron chi connectivity index (χ2n) is 4.34. The molecule has 18 heavy (non-hydrogen) atoms. The highest BCUT2D eigenvalue weighted by atomic mass is 16.5. The summed E-state index contributed by atoms with van der Waals surface area (Å²) in [6, 6.07) is 7.51. The minimum atomic E-state index is -0.781. The second-order valence-corrected chi connectivity index (χ2v) is 4.34. The molecule has 1 aliphatic carbocycles. The van der Waals surface area contributed by atoms with Crippen molar-refractivity contribution >= 4 is 0 Å². The van der Waals surface area contributed by atoms with E-state index in [4.69, 9.17) is 9.47 Å². The molecule has 3 heteroatoms. The Bertz CT molecular complexity index is 451. The Morgan fingerprint density at radius 3 is 2.67 bits per heavy atom. The van der Waals surface area contributed by atoms with E-state index in [9.17, 15) is 5.11 Å². The average Bonchev–Trinajstić information content (AvgIpc) is 2.40. The van der Waals surface area contributed by atoms with Gasteiger partial charge in [0.25, 0.3) is 0 Å². The molecule has 0 saturated carbocycles. The van der Waals surface area contributed by atoms with Crippen molar-refractivity contribution in [1.29, 1.82) is 0 Å². The van der Waals surface area contributed by atoms with E-state index in [0.29, 0.717) is 30.9 Å². The van der Waals surface area contributed by atoms with Crippen LogP contribution < -0.4 is 9.47 Å². The first-order valence-corrected chi connectivity index (χ1v) is 6.06. The molecule has 0 radical (unpaired) electrons. The van der Waals surface area contributed by atoms with Crippen molar-refractivity contribution in [2.24, 2.45) is 0 Å². The summed E-state index contributed by atoms with van der Waals surface area (Å²) in [5.41, 5.74) is -0.781. The molecular weight excluding hydrogens is 228 g/mol. The van der Waals surface area contributed by atoms with Gasteiger partial charge in [-0.1, -0.05) is 36.4 Å². The number of hydrogen-bond donors (Lipinski definition) is 1. The van der Waals surface area contributed by atoms with Crippen molar-refractivity contribution in [2.75, 3.05) is 13.7 Å². The number of benzene rings is 1. The smallest absolute Gasteiger partial charge is 0.161 e. The van der Waals surface area contributed by atoms with Gasteiger partial charge in [0.05, 0.1) is 19.3 Å². The van der Waals surface area contributed by atoms with Crippen molar-refractivity contribution in [2.45, 2.75) is 18.4 Å². The molecule has 3 nitrogen and oxygen atoms in total. The van der Waals surface area contributed by atoms with Crippen LogP contribution >= 0.6 is 0 Å². The predicted octanol–water partition coefficient (Wildman–Crippen LogP) is 2.71. The highest BCUT2D eigenvalue weighted by Crippen LogP contribution is 2.27. The maximum absolute atomic E-state index is 10.2. The number of aliphatic hydroxyl groups is 1. The summed E-state index contributed by atoms with van der Waals surface area (Å²) >= 11 is 0. The van der Waals surface area contributed by atoms with Gasteiger partial charge in [-0.3, -0.25) is 0 Å². The summed E-state index contributed by atoms with van der Waals surface area (Å²) in [6.45, 7) is 0.453. The molecular formula is C15H18O3. The van der Waals surface area contributed by atoms with Crippen molar-refractivity contribution in [1.82, 2.24) is 0 Å². The Morgan fingerprint density at radius 2 is 2.00 bits per heavy atom. The maximum Gasteiger partial charge on any atom is 0.161 e. The SMILES string of the molecule is COc1ccccc1OCCC1(O)C=CC=CC1. The molecule has 96 valence electrons. The van der Waals surface area contributed by atoms with Crippen LogP contribution in [0.15, 0.2) is 48.6 Å². The van der Waals surface area contributed by atoms with Crippen molar-refractivity contribution in [3.8, 4) is 11.5 Å². The maximum atomic E-state index is 10.2. The normalized spacial score (nSPS) is 21.9. The van der Waals surface area contributed by atoms with Crippen LogP contribution in [0.25, 0.3) is 0 Å². The van der Waals surface area contributed by atoms with Gasteiger partial charge < -0.3 is 14.6 Å². The first-order chi connectivity index (χ1) is 8.73. The Labute approximate surface area is 107 Å². The largest absolute Gasteiger partial charge is 0.493 e. The van der Waals surface area contributed by atoms with Gasteiger partial charge in [0.15, 0.2) is 11.5 Å². The predicted molar refractivity (Wildman–Crippen MR) is 71.0 cm³/mol. The number of ether oxygens (including phenoxy) is 2. The van der Waals surface area contributed by atoms with Crippen LogP contribution in [0.2, 0.25) is 0 Å². The van der Waals surface area contributed by atoms with Gasteiger partial charge in [0, 0.05) is 6.42 Å². The molecule has 0 bridgehead atoms. The van der Waals surface area contributed by atoms with Crippen molar-refractivity contribution in [3.63, 3.8) is 0 Å². The fourth-order valence-corrected chi connectivity index (χ4v) is 1.91. The van der Waals surface area contributed by atoms with Crippen LogP contribution in [0.3, 0.4) is 0 Å². The molecule has 0 fully saturated rings. The molecule has 1 aromatic rings. The third kappa shape index (κ3) is 3.14. The third-order valence-corrected chi connectivity index (χ3v) is 2.99. The van der Waals surface area contributed by atoms with Gasteiger partial charge in [0.2, 0.25) is 0 Å². The second kappa shape index (κ2) is 5.74. The summed E-state index contributed by atoms with van der Waals surface area (Å²) in [5, 5.41) is 10.2. The minimum absolute atomic E-state index is 0.453. The minimum Gasteiger partial charge on any atom is -0.493 e. The Balaban J connectivity index is 1.88. The number of methoxy groups -OCH3 is 1. The molecule has 1 atom stereocenters. The third-order valence-electron chi connectivity index (χ3n) is 2.99. The fourth-order valence-electron chi connectivity index (χ4n) is 1.91. The van der Waals surface area contributed by atoms with E-state index in [0.717, 1.165) is 0 Å². The zero-order valence-corrected chi connectivity index (χ0v) is 10.5. The molecule has 1 N–H and O–H groups in total. The number of hydrogen-bond acceptors (Lipinski definition) is 3. The molecule has 0 amide bonds. The van der Waals surface area contributed by atoms with Gasteiger partial charge in [-0.15, -0.1) is 0 Å². The Morgan fingerprint density at radius 1 is 1.22 bits per heavy atom. The fraction of sp³-hybridized carbons (Fsp3) is 0.333. The van der Waals surface area contributed by atoms with Crippen LogP contribution in [0, 0.1) is 0 Å². The van der Waals surface area contributed by atoms with Gasteiger partial charge in [-0.2, -0.15) is 0 Å². The van der Waals surface area contributed by atoms with E-state index in [1.54, 1.807) is 7.11 Å². The van der Waals surface area contributed by atoms with Crippen LogP contribution in [0.4, 0.5) is 0 Å². The monoisotopic (exact) mass is 246 g/mol. The number of rotatable bonds is 5. The van der Waals surface area contributed by atoms with E-state index >= 15 is 0 Å². The van der Waals surface area contributed by atoms with E-state index in [2.05, 4.69) is 0 Å². The lowest BCUT2D eigenvalue weighted by atomic mass is 9.92. The van der Waals surface area contributed by atoms with Crippen LogP contribution in [0.1, 0.15) is 12.8 Å². The lowest BCUT2D eigenvalue weighted by Crippen LogP contribution is -2.28. The molecule has 0 aromatic heterocycles. The van der Waals surface area contributed by atoms with Crippen molar-refractivity contribution < 1.29 is 14.6 Å². The zero-order valence-electron chi connectivity index (χ0n) is 10.5.